The molecule has 9 heteroatoms. The predicted molar refractivity (Wildman–Crippen MR) is 131 cm³/mol. The summed E-state index contributed by atoms with van der Waals surface area (Å²) in [5.41, 5.74) is 3.38. The Kier molecular flexibility index (Phi) is 6.65. The first-order valence-corrected chi connectivity index (χ1v) is 11.5. The van der Waals surface area contributed by atoms with E-state index in [1.165, 1.54) is 6.08 Å². The van der Waals surface area contributed by atoms with E-state index in [9.17, 15) is 14.4 Å². The van der Waals surface area contributed by atoms with Gasteiger partial charge in [0.2, 0.25) is 5.91 Å². The maximum atomic E-state index is 12.7. The summed E-state index contributed by atoms with van der Waals surface area (Å²) in [5, 5.41) is 3.13. The summed E-state index contributed by atoms with van der Waals surface area (Å²) in [6.45, 7) is 3.53. The first-order valence-electron chi connectivity index (χ1n) is 9.89. The van der Waals surface area contributed by atoms with E-state index >= 15 is 0 Å². The molecule has 33 heavy (non-hydrogen) atoms. The minimum atomic E-state index is -0.553. The number of rotatable bonds is 5. The number of nitrogens with zero attached hydrogens (tertiary/aromatic N) is 1. The molecule has 2 aromatic carbocycles. The van der Waals surface area contributed by atoms with Crippen molar-refractivity contribution < 1.29 is 18.8 Å². The number of carbonyl (C=O) groups excluding carboxylic acids is 3. The van der Waals surface area contributed by atoms with Crippen LogP contribution in [0.2, 0.25) is 10.0 Å². The van der Waals surface area contributed by atoms with Crippen LogP contribution < -0.4 is 5.32 Å². The van der Waals surface area contributed by atoms with Gasteiger partial charge in [0.05, 0.1) is 9.93 Å². The highest BCUT2D eigenvalue weighted by Gasteiger charge is 2.36. The van der Waals surface area contributed by atoms with E-state index in [-0.39, 0.29) is 11.4 Å². The second kappa shape index (κ2) is 9.47. The number of benzene rings is 2. The minimum absolute atomic E-state index is 0.169. The molecule has 1 aromatic heterocycles. The van der Waals surface area contributed by atoms with Gasteiger partial charge in [-0.25, -0.2) is 0 Å². The fourth-order valence-electron chi connectivity index (χ4n) is 3.19. The molecule has 3 aromatic rings. The summed E-state index contributed by atoms with van der Waals surface area (Å²) in [5.74, 6) is -0.141. The molecule has 3 amide bonds. The lowest BCUT2D eigenvalue weighted by Crippen LogP contribution is -2.36. The molecule has 1 N–H and O–H groups in total. The molecule has 0 unspecified atom stereocenters. The number of aryl methyl sites for hydroxylation is 2. The first-order chi connectivity index (χ1) is 15.7. The van der Waals surface area contributed by atoms with Crippen LogP contribution in [0.5, 0.6) is 0 Å². The van der Waals surface area contributed by atoms with Gasteiger partial charge in [0.25, 0.3) is 11.1 Å². The summed E-state index contributed by atoms with van der Waals surface area (Å²) in [7, 11) is 0. The van der Waals surface area contributed by atoms with E-state index in [2.05, 4.69) is 5.32 Å². The summed E-state index contributed by atoms with van der Waals surface area (Å²) in [6, 6.07) is 13.9. The van der Waals surface area contributed by atoms with Crippen LogP contribution in [0.1, 0.15) is 16.9 Å². The molecule has 1 fully saturated rings. The molecule has 0 saturated carbocycles. The van der Waals surface area contributed by atoms with Crippen molar-refractivity contribution >= 4 is 63.8 Å². The average molecular weight is 501 g/mol. The van der Waals surface area contributed by atoms with E-state index in [1.807, 2.05) is 26.0 Å². The summed E-state index contributed by atoms with van der Waals surface area (Å²) >= 11 is 12.9. The largest absolute Gasteiger partial charge is 0.457 e. The van der Waals surface area contributed by atoms with Gasteiger partial charge in [-0.05, 0) is 79.2 Å². The van der Waals surface area contributed by atoms with Crippen molar-refractivity contribution in [3.05, 3.63) is 80.4 Å². The van der Waals surface area contributed by atoms with E-state index in [0.29, 0.717) is 32.8 Å². The number of halogens is 2. The molecule has 0 atom stereocenters. The SMILES string of the molecule is Cc1ccc(NC(=O)CN2C(=O)S/C(=C/c3ccc(-c4ccc(Cl)cc4Cl)o3)C2=O)cc1C. The van der Waals surface area contributed by atoms with Crippen LogP contribution >= 0.6 is 35.0 Å². The Hall–Kier alpha value is -3.00. The molecule has 4 rings (SSSR count). The third kappa shape index (κ3) is 5.16. The Bertz CT molecular complexity index is 1320. The zero-order valence-corrected chi connectivity index (χ0v) is 20.0. The van der Waals surface area contributed by atoms with Gasteiger partial charge in [0.15, 0.2) is 0 Å². The number of amides is 3. The van der Waals surface area contributed by atoms with Crippen molar-refractivity contribution in [3.8, 4) is 11.3 Å². The smallest absolute Gasteiger partial charge is 0.294 e. The summed E-state index contributed by atoms with van der Waals surface area (Å²) in [6.07, 6.45) is 1.47. The van der Waals surface area contributed by atoms with Crippen molar-refractivity contribution in [1.29, 1.82) is 0 Å². The van der Waals surface area contributed by atoms with Crippen LogP contribution in [0, 0.1) is 13.8 Å². The third-order valence-corrected chi connectivity index (χ3v) is 6.52. The average Bonchev–Trinajstić information content (AvgIpc) is 3.31. The quantitative estimate of drug-likeness (QED) is 0.402. The van der Waals surface area contributed by atoms with Gasteiger partial charge in [-0.2, -0.15) is 0 Å². The number of hydrogen-bond acceptors (Lipinski definition) is 5. The molecule has 2 heterocycles. The first kappa shape index (κ1) is 23.2. The molecular formula is C24H18Cl2N2O4S. The molecular weight excluding hydrogens is 483 g/mol. The van der Waals surface area contributed by atoms with Crippen LogP contribution in [0.3, 0.4) is 0 Å². The maximum Gasteiger partial charge on any atom is 0.294 e. The standard InChI is InChI=1S/C24H18Cl2N2O4S/c1-13-3-5-16(9-14(13)2)27-22(29)12-28-23(30)21(33-24(28)31)11-17-6-8-20(32-17)18-7-4-15(25)10-19(18)26/h3-11H,12H2,1-2H3,(H,27,29)/b21-11+. The van der Waals surface area contributed by atoms with Gasteiger partial charge in [-0.1, -0.05) is 29.3 Å². The second-order valence-electron chi connectivity index (χ2n) is 7.44. The lowest BCUT2D eigenvalue weighted by molar-refractivity contribution is -0.127. The lowest BCUT2D eigenvalue weighted by Gasteiger charge is -2.13. The van der Waals surface area contributed by atoms with Gasteiger partial charge >= 0.3 is 0 Å². The summed E-state index contributed by atoms with van der Waals surface area (Å²) in [4.78, 5) is 38.6. The topological polar surface area (TPSA) is 79.6 Å². The fraction of sp³-hybridized carbons (Fsp3) is 0.125. The van der Waals surface area contributed by atoms with Crippen LogP contribution in [-0.2, 0) is 9.59 Å². The number of furan rings is 1. The van der Waals surface area contributed by atoms with Crippen LogP contribution in [0.4, 0.5) is 10.5 Å². The highest BCUT2D eigenvalue weighted by atomic mass is 35.5. The Labute approximate surface area is 204 Å². The molecule has 1 saturated heterocycles. The minimum Gasteiger partial charge on any atom is -0.457 e. The van der Waals surface area contributed by atoms with Crippen LogP contribution in [-0.4, -0.2) is 28.5 Å². The van der Waals surface area contributed by atoms with Crippen molar-refractivity contribution in [2.45, 2.75) is 13.8 Å². The molecule has 0 spiro atoms. The van der Waals surface area contributed by atoms with Crippen LogP contribution in [0.15, 0.2) is 57.9 Å². The number of nitrogens with one attached hydrogen (secondary N) is 1. The normalized spacial score (nSPS) is 14.9. The Morgan fingerprint density at radius 2 is 1.85 bits per heavy atom. The number of carbonyl (C=O) groups is 3. The highest BCUT2D eigenvalue weighted by molar-refractivity contribution is 8.18. The number of imide groups is 1. The van der Waals surface area contributed by atoms with E-state index in [0.717, 1.165) is 27.8 Å². The van der Waals surface area contributed by atoms with Crippen molar-refractivity contribution in [2.24, 2.45) is 0 Å². The van der Waals surface area contributed by atoms with E-state index in [1.54, 1.807) is 36.4 Å². The van der Waals surface area contributed by atoms with Gasteiger partial charge in [-0.15, -0.1) is 0 Å². The molecule has 6 nitrogen and oxygen atoms in total. The van der Waals surface area contributed by atoms with Gasteiger partial charge < -0.3 is 9.73 Å². The molecule has 1 aliphatic rings. The Balaban J connectivity index is 1.46. The van der Waals surface area contributed by atoms with Crippen molar-refractivity contribution in [3.63, 3.8) is 0 Å². The Morgan fingerprint density at radius 1 is 1.06 bits per heavy atom. The summed E-state index contributed by atoms with van der Waals surface area (Å²) < 4.78 is 5.77. The van der Waals surface area contributed by atoms with Crippen molar-refractivity contribution in [1.82, 2.24) is 4.90 Å². The predicted octanol–water partition coefficient (Wildman–Crippen LogP) is 6.55. The van der Waals surface area contributed by atoms with E-state index in [4.69, 9.17) is 27.6 Å². The molecule has 0 aliphatic carbocycles. The number of hydrogen-bond donors (Lipinski definition) is 1. The third-order valence-electron chi connectivity index (χ3n) is 5.06. The van der Waals surface area contributed by atoms with E-state index < -0.39 is 17.1 Å². The zero-order chi connectivity index (χ0) is 23.7. The Morgan fingerprint density at radius 3 is 2.58 bits per heavy atom. The molecule has 0 radical (unpaired) electrons. The van der Waals surface area contributed by atoms with Crippen molar-refractivity contribution in [2.75, 3.05) is 11.9 Å². The van der Waals surface area contributed by atoms with Gasteiger partial charge in [-0.3, -0.25) is 19.3 Å². The second-order valence-corrected chi connectivity index (χ2v) is 9.28. The zero-order valence-electron chi connectivity index (χ0n) is 17.6. The monoisotopic (exact) mass is 500 g/mol. The number of thioether (sulfide) groups is 1. The fourth-order valence-corrected chi connectivity index (χ4v) is 4.51. The lowest BCUT2D eigenvalue weighted by atomic mass is 10.1. The highest BCUT2D eigenvalue weighted by Crippen LogP contribution is 2.35. The molecule has 168 valence electrons. The molecule has 0 bridgehead atoms. The van der Waals surface area contributed by atoms with Gasteiger partial charge in [0, 0.05) is 22.3 Å². The maximum absolute atomic E-state index is 12.7. The van der Waals surface area contributed by atoms with Gasteiger partial charge in [0.1, 0.15) is 18.1 Å². The number of anilines is 1. The molecule has 1 aliphatic heterocycles. The van der Waals surface area contributed by atoms with Crippen LogP contribution in [0.25, 0.3) is 17.4 Å².